The second-order valence-corrected chi connectivity index (χ2v) is 10.4. The van der Waals surface area contributed by atoms with Crippen molar-refractivity contribution in [3.63, 3.8) is 0 Å². The van der Waals surface area contributed by atoms with Crippen molar-refractivity contribution in [2.45, 2.75) is 17.7 Å². The number of benzene rings is 3. The maximum Gasteiger partial charge on any atom is 0.326 e. The lowest BCUT2D eigenvalue weighted by Gasteiger charge is -2.21. The van der Waals surface area contributed by atoms with E-state index in [0.29, 0.717) is 5.56 Å². The van der Waals surface area contributed by atoms with Crippen LogP contribution in [0.4, 0.5) is 0 Å². The van der Waals surface area contributed by atoms with Crippen molar-refractivity contribution >= 4 is 49.2 Å². The average Bonchev–Trinajstić information content (AvgIpc) is 3.22. The minimum atomic E-state index is -3.49. The summed E-state index contributed by atoms with van der Waals surface area (Å²) in [4.78, 5) is 37.7. The standard InChI is InChI=1S/C23H22N2O6S/c1-32(30,31)19-11-20(23(28)29)25(13-19)21(26)12-24-22(27)17-7-6-16-8-14-4-2-3-5-15(14)9-18(16)10-17/h2-10,19-20H,11-13H2,1H3,(H,24,27)(H,28,29)/t19-,20+/m1/s1. The molecule has 0 aliphatic carbocycles. The Morgan fingerprint density at radius 1 is 1.00 bits per heavy atom. The summed E-state index contributed by atoms with van der Waals surface area (Å²) < 4.78 is 23.6. The summed E-state index contributed by atoms with van der Waals surface area (Å²) in [6, 6.07) is 15.9. The van der Waals surface area contributed by atoms with Crippen molar-refractivity contribution in [1.82, 2.24) is 10.2 Å². The Kier molecular flexibility index (Phi) is 5.60. The number of sulfone groups is 1. The lowest BCUT2D eigenvalue weighted by molar-refractivity contribution is -0.147. The van der Waals surface area contributed by atoms with Crippen LogP contribution in [0.3, 0.4) is 0 Å². The van der Waals surface area contributed by atoms with Crippen LogP contribution in [0.2, 0.25) is 0 Å². The van der Waals surface area contributed by atoms with Gasteiger partial charge in [0, 0.05) is 18.4 Å². The molecule has 0 unspecified atom stereocenters. The Hall–Kier alpha value is -3.46. The summed E-state index contributed by atoms with van der Waals surface area (Å²) >= 11 is 0. The Labute approximate surface area is 184 Å². The third kappa shape index (κ3) is 4.29. The Morgan fingerprint density at radius 3 is 2.25 bits per heavy atom. The van der Waals surface area contributed by atoms with Crippen LogP contribution in [0, 0.1) is 0 Å². The first-order valence-corrected chi connectivity index (χ1v) is 12.0. The van der Waals surface area contributed by atoms with Gasteiger partial charge in [-0.1, -0.05) is 30.3 Å². The molecule has 0 radical (unpaired) electrons. The molecule has 1 aliphatic heterocycles. The van der Waals surface area contributed by atoms with Gasteiger partial charge in [0.05, 0.1) is 11.8 Å². The third-order valence-corrected chi connectivity index (χ3v) is 7.39. The zero-order chi connectivity index (χ0) is 23.0. The highest BCUT2D eigenvalue weighted by molar-refractivity contribution is 7.91. The molecule has 0 aromatic heterocycles. The molecule has 8 nitrogen and oxygen atoms in total. The smallest absolute Gasteiger partial charge is 0.326 e. The Bertz CT molecular complexity index is 1350. The van der Waals surface area contributed by atoms with Crippen LogP contribution in [-0.2, 0) is 19.4 Å². The number of rotatable bonds is 5. The summed E-state index contributed by atoms with van der Waals surface area (Å²) in [7, 11) is -3.49. The topological polar surface area (TPSA) is 121 Å². The Balaban J connectivity index is 1.48. The number of nitrogens with zero attached hydrogens (tertiary/aromatic N) is 1. The van der Waals surface area contributed by atoms with E-state index >= 15 is 0 Å². The number of aliphatic carboxylic acids is 1. The number of carboxylic acid groups (broad SMARTS) is 1. The van der Waals surface area contributed by atoms with Crippen molar-refractivity contribution in [3.8, 4) is 0 Å². The lowest BCUT2D eigenvalue weighted by Crippen LogP contribution is -2.45. The fourth-order valence-corrected chi connectivity index (χ4v) is 5.02. The van der Waals surface area contributed by atoms with Crippen LogP contribution in [0.5, 0.6) is 0 Å². The van der Waals surface area contributed by atoms with E-state index in [1.807, 2.05) is 42.5 Å². The largest absolute Gasteiger partial charge is 0.480 e. The zero-order valence-corrected chi connectivity index (χ0v) is 18.1. The fourth-order valence-electron chi connectivity index (χ4n) is 4.06. The molecule has 0 bridgehead atoms. The monoisotopic (exact) mass is 454 g/mol. The maximum atomic E-state index is 12.6. The Morgan fingerprint density at radius 2 is 1.62 bits per heavy atom. The van der Waals surface area contributed by atoms with Crippen molar-refractivity contribution in [2.75, 3.05) is 19.3 Å². The van der Waals surface area contributed by atoms with Gasteiger partial charge in [0.15, 0.2) is 9.84 Å². The molecule has 1 aliphatic rings. The van der Waals surface area contributed by atoms with Gasteiger partial charge in [-0.05, 0) is 52.2 Å². The molecular weight excluding hydrogens is 432 g/mol. The maximum absolute atomic E-state index is 12.6. The number of carboxylic acids is 1. The summed E-state index contributed by atoms with van der Waals surface area (Å²) in [6.07, 6.45) is 0.863. The van der Waals surface area contributed by atoms with Crippen LogP contribution in [-0.4, -0.2) is 66.8 Å². The molecular formula is C23H22N2O6S. The molecule has 1 fully saturated rings. The van der Waals surface area contributed by atoms with Crippen LogP contribution >= 0.6 is 0 Å². The SMILES string of the molecule is CS(=O)(=O)[C@@H]1C[C@@H](C(=O)O)N(C(=O)CNC(=O)c2ccc3cc4ccccc4cc3c2)C1. The van der Waals surface area contributed by atoms with Crippen LogP contribution in [0.1, 0.15) is 16.8 Å². The molecule has 2 amide bonds. The first kappa shape index (κ1) is 21.8. The van der Waals surface area contributed by atoms with Crippen molar-refractivity contribution in [1.29, 1.82) is 0 Å². The van der Waals surface area contributed by atoms with Gasteiger partial charge in [-0.15, -0.1) is 0 Å². The second-order valence-electron chi connectivity index (χ2n) is 8.03. The van der Waals surface area contributed by atoms with E-state index in [2.05, 4.69) is 5.32 Å². The molecule has 1 heterocycles. The third-order valence-electron chi connectivity index (χ3n) is 5.84. The molecule has 32 heavy (non-hydrogen) atoms. The lowest BCUT2D eigenvalue weighted by atomic mass is 10.0. The molecule has 1 saturated heterocycles. The van der Waals surface area contributed by atoms with Gasteiger partial charge in [-0.25, -0.2) is 13.2 Å². The molecule has 2 atom stereocenters. The number of hydrogen-bond donors (Lipinski definition) is 2. The van der Waals surface area contributed by atoms with Crippen molar-refractivity contribution in [3.05, 3.63) is 60.2 Å². The number of amides is 2. The summed E-state index contributed by atoms with van der Waals surface area (Å²) in [5, 5.41) is 14.9. The number of nitrogens with one attached hydrogen (secondary N) is 1. The summed E-state index contributed by atoms with van der Waals surface area (Å²) in [5.41, 5.74) is 0.366. The van der Waals surface area contributed by atoms with E-state index in [0.717, 1.165) is 32.7 Å². The van der Waals surface area contributed by atoms with E-state index in [1.165, 1.54) is 0 Å². The van der Waals surface area contributed by atoms with E-state index in [-0.39, 0.29) is 13.0 Å². The van der Waals surface area contributed by atoms with Gasteiger partial charge in [0.2, 0.25) is 5.91 Å². The predicted molar refractivity (Wildman–Crippen MR) is 120 cm³/mol. The van der Waals surface area contributed by atoms with Crippen LogP contribution in [0.15, 0.2) is 54.6 Å². The highest BCUT2D eigenvalue weighted by atomic mass is 32.2. The number of hydrogen-bond acceptors (Lipinski definition) is 5. The number of fused-ring (bicyclic) bond motifs is 2. The fraction of sp³-hybridized carbons (Fsp3) is 0.261. The normalized spacial score (nSPS) is 18.7. The second kappa shape index (κ2) is 8.23. The quantitative estimate of drug-likeness (QED) is 0.568. The zero-order valence-electron chi connectivity index (χ0n) is 17.3. The highest BCUT2D eigenvalue weighted by Gasteiger charge is 2.43. The minimum absolute atomic E-state index is 0.160. The minimum Gasteiger partial charge on any atom is -0.480 e. The van der Waals surface area contributed by atoms with E-state index in [4.69, 9.17) is 0 Å². The molecule has 2 N–H and O–H groups in total. The van der Waals surface area contributed by atoms with Gasteiger partial charge < -0.3 is 15.3 Å². The van der Waals surface area contributed by atoms with Gasteiger partial charge in [-0.2, -0.15) is 0 Å². The van der Waals surface area contributed by atoms with E-state index < -0.39 is 45.5 Å². The summed E-state index contributed by atoms with van der Waals surface area (Å²) in [5.74, 6) is -2.37. The average molecular weight is 455 g/mol. The van der Waals surface area contributed by atoms with Crippen LogP contribution in [0.25, 0.3) is 21.5 Å². The van der Waals surface area contributed by atoms with Gasteiger partial charge in [0.25, 0.3) is 5.91 Å². The molecule has 9 heteroatoms. The molecule has 0 spiro atoms. The molecule has 3 aromatic carbocycles. The number of likely N-dealkylation sites (tertiary alicyclic amines) is 1. The molecule has 166 valence electrons. The van der Waals surface area contributed by atoms with E-state index in [1.54, 1.807) is 12.1 Å². The highest BCUT2D eigenvalue weighted by Crippen LogP contribution is 2.25. The van der Waals surface area contributed by atoms with Crippen LogP contribution < -0.4 is 5.32 Å². The van der Waals surface area contributed by atoms with Crippen molar-refractivity contribution in [2.24, 2.45) is 0 Å². The summed E-state index contributed by atoms with van der Waals surface area (Å²) in [6.45, 7) is -0.623. The number of carbonyl (C=O) groups excluding carboxylic acids is 2. The van der Waals surface area contributed by atoms with Gasteiger partial charge >= 0.3 is 5.97 Å². The van der Waals surface area contributed by atoms with Crippen molar-refractivity contribution < 1.29 is 27.9 Å². The van der Waals surface area contributed by atoms with Gasteiger partial charge in [0.1, 0.15) is 6.04 Å². The molecule has 0 saturated carbocycles. The first-order valence-electron chi connectivity index (χ1n) is 10.1. The predicted octanol–water partition coefficient (Wildman–Crippen LogP) is 1.82. The first-order chi connectivity index (χ1) is 15.1. The van der Waals surface area contributed by atoms with E-state index in [9.17, 15) is 27.9 Å². The van der Waals surface area contributed by atoms with Gasteiger partial charge in [-0.3, -0.25) is 9.59 Å². The molecule has 3 aromatic rings. The molecule has 4 rings (SSSR count). The number of carbonyl (C=O) groups is 3.